The summed E-state index contributed by atoms with van der Waals surface area (Å²) in [5.74, 6) is 0.705. The predicted octanol–water partition coefficient (Wildman–Crippen LogP) is 14.5. The molecule has 11 rings (SSSR count). The summed E-state index contributed by atoms with van der Waals surface area (Å²) in [6.45, 7) is 2.39. The van der Waals surface area contributed by atoms with Gasteiger partial charge in [0, 0.05) is 42.3 Å². The molecule has 10 aromatic rings. The molecule has 1 aliphatic carbocycles. The van der Waals surface area contributed by atoms with Crippen LogP contribution in [-0.4, -0.2) is 9.97 Å². The van der Waals surface area contributed by atoms with Crippen molar-refractivity contribution >= 4 is 31.5 Å². The molecular formula is C54H36N2S. The average Bonchev–Trinajstić information content (AvgIpc) is 3.80. The van der Waals surface area contributed by atoms with Crippen molar-refractivity contribution in [1.82, 2.24) is 9.97 Å². The summed E-state index contributed by atoms with van der Waals surface area (Å²) in [6, 6.07) is 72.1. The van der Waals surface area contributed by atoms with Gasteiger partial charge in [0.1, 0.15) is 0 Å². The second-order valence-corrected chi connectivity index (χ2v) is 16.0. The highest BCUT2D eigenvalue weighted by molar-refractivity contribution is 7.26. The Hall–Kier alpha value is -6.94. The Labute approximate surface area is 336 Å². The highest BCUT2D eigenvalue weighted by Gasteiger charge is 2.42. The number of hydrogen-bond acceptors (Lipinski definition) is 3. The van der Waals surface area contributed by atoms with Crippen LogP contribution in [0, 0.1) is 0 Å². The van der Waals surface area contributed by atoms with Crippen molar-refractivity contribution < 1.29 is 0 Å². The highest BCUT2D eigenvalue weighted by atomic mass is 32.1. The minimum absolute atomic E-state index is 0.342. The first-order valence-electron chi connectivity index (χ1n) is 19.5. The Bertz CT molecular complexity index is 3130. The maximum absolute atomic E-state index is 5.32. The molecule has 0 saturated heterocycles. The fourth-order valence-corrected chi connectivity index (χ4v) is 10.3. The van der Waals surface area contributed by atoms with Gasteiger partial charge in [0.2, 0.25) is 0 Å². The molecule has 0 saturated carbocycles. The summed E-state index contributed by atoms with van der Waals surface area (Å²) in [7, 11) is 0. The van der Waals surface area contributed by atoms with E-state index in [0.29, 0.717) is 5.82 Å². The van der Waals surface area contributed by atoms with Gasteiger partial charge in [0.25, 0.3) is 0 Å². The Kier molecular flexibility index (Phi) is 7.84. The van der Waals surface area contributed by atoms with Crippen LogP contribution in [0.15, 0.2) is 200 Å². The van der Waals surface area contributed by atoms with Gasteiger partial charge >= 0.3 is 0 Å². The third kappa shape index (κ3) is 5.38. The smallest absolute Gasteiger partial charge is 0.160 e. The van der Waals surface area contributed by atoms with Crippen molar-refractivity contribution in [1.29, 1.82) is 0 Å². The molecule has 0 radical (unpaired) electrons. The maximum Gasteiger partial charge on any atom is 0.160 e. The number of fused-ring (bicyclic) bond motifs is 6. The van der Waals surface area contributed by atoms with Gasteiger partial charge in [-0.15, -0.1) is 11.3 Å². The van der Waals surface area contributed by atoms with Crippen LogP contribution < -0.4 is 0 Å². The van der Waals surface area contributed by atoms with Gasteiger partial charge in [-0.3, -0.25) is 0 Å². The summed E-state index contributed by atoms with van der Waals surface area (Å²) in [5, 5.41) is 2.62. The molecule has 2 heterocycles. The Morgan fingerprint density at radius 1 is 0.404 bits per heavy atom. The third-order valence-electron chi connectivity index (χ3n) is 11.8. The predicted molar refractivity (Wildman–Crippen MR) is 240 cm³/mol. The van der Waals surface area contributed by atoms with Crippen LogP contribution in [0.5, 0.6) is 0 Å². The second-order valence-electron chi connectivity index (χ2n) is 15.0. The van der Waals surface area contributed by atoms with Crippen LogP contribution in [-0.2, 0) is 5.41 Å². The van der Waals surface area contributed by atoms with E-state index in [-0.39, 0.29) is 5.41 Å². The van der Waals surface area contributed by atoms with Gasteiger partial charge in [0.15, 0.2) is 5.82 Å². The van der Waals surface area contributed by atoms with Crippen LogP contribution in [0.3, 0.4) is 0 Å². The first kappa shape index (κ1) is 33.4. The minimum Gasteiger partial charge on any atom is -0.228 e. The van der Waals surface area contributed by atoms with Gasteiger partial charge in [-0.2, -0.15) is 0 Å². The molecule has 0 N–H and O–H groups in total. The third-order valence-corrected chi connectivity index (χ3v) is 13.0. The molecule has 0 fully saturated rings. The van der Waals surface area contributed by atoms with E-state index in [9.17, 15) is 0 Å². The van der Waals surface area contributed by atoms with Gasteiger partial charge in [-0.05, 0) is 69.1 Å². The van der Waals surface area contributed by atoms with Crippen molar-refractivity contribution in [3.63, 3.8) is 0 Å². The van der Waals surface area contributed by atoms with E-state index in [4.69, 9.17) is 9.97 Å². The van der Waals surface area contributed by atoms with E-state index < -0.39 is 0 Å². The van der Waals surface area contributed by atoms with Crippen LogP contribution in [0.4, 0.5) is 0 Å². The molecule has 8 aromatic carbocycles. The van der Waals surface area contributed by atoms with Crippen molar-refractivity contribution in [3.8, 4) is 67.3 Å². The van der Waals surface area contributed by atoms with Gasteiger partial charge in [0.05, 0.1) is 11.4 Å². The molecule has 0 aliphatic heterocycles. The normalized spacial score (nSPS) is 14.5. The van der Waals surface area contributed by atoms with E-state index >= 15 is 0 Å². The molecular weight excluding hydrogens is 709 g/mol. The summed E-state index contributed by atoms with van der Waals surface area (Å²) in [6.07, 6.45) is 0. The molecule has 0 amide bonds. The van der Waals surface area contributed by atoms with E-state index in [1.165, 1.54) is 64.7 Å². The maximum atomic E-state index is 5.32. The number of hydrogen-bond donors (Lipinski definition) is 0. The summed E-state index contributed by atoms with van der Waals surface area (Å²) < 4.78 is 2.63. The minimum atomic E-state index is -0.342. The Balaban J connectivity index is 1.07. The molecule has 2 aromatic heterocycles. The first-order chi connectivity index (χ1) is 28.1. The van der Waals surface area contributed by atoms with Crippen molar-refractivity contribution in [2.45, 2.75) is 12.3 Å². The zero-order valence-electron chi connectivity index (χ0n) is 31.4. The van der Waals surface area contributed by atoms with E-state index in [2.05, 4.69) is 201 Å². The monoisotopic (exact) mass is 744 g/mol. The number of nitrogens with zero attached hydrogens (tertiary/aromatic N) is 2. The standard InChI is InChI=1S/C54H36N2S/c1-54(38-18-6-3-7-19-38)47-28-12-10-21-41(47)45-26-15-25-44(51(45)54)40-20-8-9-22-42(40)49-34-48(55-53(56-49)37-16-4-2-5-17-37)36-32-30-35(31-33-36)39-24-14-27-46-43-23-11-13-29-50(43)57-52(39)46/h2-34H,1H3. The van der Waals surface area contributed by atoms with Gasteiger partial charge < -0.3 is 0 Å². The number of aromatic nitrogens is 2. The summed E-state index contributed by atoms with van der Waals surface area (Å²) in [5.41, 5.74) is 15.9. The molecule has 57 heavy (non-hydrogen) atoms. The van der Waals surface area contributed by atoms with Crippen molar-refractivity contribution in [2.24, 2.45) is 0 Å². The zero-order valence-corrected chi connectivity index (χ0v) is 32.2. The van der Waals surface area contributed by atoms with E-state index in [1.807, 2.05) is 17.4 Å². The van der Waals surface area contributed by atoms with Gasteiger partial charge in [-0.25, -0.2) is 9.97 Å². The van der Waals surface area contributed by atoms with Crippen molar-refractivity contribution in [3.05, 3.63) is 217 Å². The van der Waals surface area contributed by atoms with Gasteiger partial charge in [-0.1, -0.05) is 188 Å². The molecule has 3 heteroatoms. The Morgan fingerprint density at radius 2 is 0.965 bits per heavy atom. The summed E-state index contributed by atoms with van der Waals surface area (Å²) >= 11 is 1.86. The fraction of sp³-hybridized carbons (Fsp3) is 0.0370. The lowest BCUT2D eigenvalue weighted by atomic mass is 9.71. The SMILES string of the molecule is CC1(c2ccccc2)c2ccccc2-c2cccc(-c3ccccc3-c3cc(-c4ccc(-c5cccc6c5sc5ccccc56)cc4)nc(-c4ccccc4)n3)c21. The number of rotatable bonds is 6. The molecule has 0 bridgehead atoms. The molecule has 1 atom stereocenters. The fourth-order valence-electron chi connectivity index (χ4n) is 9.09. The first-order valence-corrected chi connectivity index (χ1v) is 20.3. The largest absolute Gasteiger partial charge is 0.228 e. The topological polar surface area (TPSA) is 25.8 Å². The lowest BCUT2D eigenvalue weighted by molar-refractivity contribution is 0.716. The van der Waals surface area contributed by atoms with E-state index in [1.54, 1.807) is 0 Å². The molecule has 2 nitrogen and oxygen atoms in total. The Morgan fingerprint density at radius 3 is 1.77 bits per heavy atom. The number of thiophene rings is 1. The summed E-state index contributed by atoms with van der Waals surface area (Å²) in [4.78, 5) is 10.5. The number of benzene rings is 8. The van der Waals surface area contributed by atoms with Crippen LogP contribution in [0.25, 0.3) is 87.5 Å². The van der Waals surface area contributed by atoms with Crippen LogP contribution in [0.1, 0.15) is 23.6 Å². The van der Waals surface area contributed by atoms with Crippen molar-refractivity contribution in [2.75, 3.05) is 0 Å². The van der Waals surface area contributed by atoms with Crippen LogP contribution in [0.2, 0.25) is 0 Å². The molecule has 0 spiro atoms. The van der Waals surface area contributed by atoms with E-state index in [0.717, 1.165) is 33.6 Å². The zero-order chi connectivity index (χ0) is 37.9. The lowest BCUT2D eigenvalue weighted by Gasteiger charge is -2.30. The molecule has 1 unspecified atom stereocenters. The molecule has 268 valence electrons. The average molecular weight is 745 g/mol. The highest BCUT2D eigenvalue weighted by Crippen LogP contribution is 2.56. The second kappa shape index (κ2) is 13.4. The lowest BCUT2D eigenvalue weighted by Crippen LogP contribution is -2.23. The quantitative estimate of drug-likeness (QED) is 0.169. The molecule has 1 aliphatic rings. The van der Waals surface area contributed by atoms with Crippen LogP contribution >= 0.6 is 11.3 Å².